The van der Waals surface area contributed by atoms with E-state index >= 15 is 0 Å². The number of rotatable bonds is 0. The Morgan fingerprint density at radius 1 is 1.50 bits per heavy atom. The molecule has 0 aliphatic rings. The second-order valence-corrected chi connectivity index (χ2v) is 1.39. The monoisotopic (exact) mass is 163 g/mol. The van der Waals surface area contributed by atoms with E-state index in [1.807, 2.05) is 0 Å². The fourth-order valence-electron chi connectivity index (χ4n) is 0. The quantitative estimate of drug-likeness (QED) is 0.528. The Kier molecular flexibility index (Phi) is 15.1. The molecule has 0 atom stereocenters. The summed E-state index contributed by atoms with van der Waals surface area (Å²) in [4.78, 5) is 0. The van der Waals surface area contributed by atoms with Gasteiger partial charge < -0.3 is 0 Å². The van der Waals surface area contributed by atoms with Crippen LogP contribution in [0.4, 0.5) is 0 Å². The van der Waals surface area contributed by atoms with E-state index in [2.05, 4.69) is 20.8 Å². The molecule has 2 heteroatoms. The molecule has 0 aliphatic heterocycles. The summed E-state index contributed by atoms with van der Waals surface area (Å²) in [5.74, 6) is 0.583. The molecule has 0 aromatic carbocycles. The Morgan fingerprint density at radius 2 is 1.50 bits per heavy atom. The summed E-state index contributed by atoms with van der Waals surface area (Å²) >= 11 is 0.300. The second-order valence-electron chi connectivity index (χ2n) is 1.39. The van der Waals surface area contributed by atoms with Gasteiger partial charge in [0.25, 0.3) is 0 Å². The molecule has 1 nitrogen and oxygen atoms in total. The summed E-state index contributed by atoms with van der Waals surface area (Å²) < 4.78 is 8.34. The van der Waals surface area contributed by atoms with Gasteiger partial charge in [0.2, 0.25) is 0 Å². The predicted octanol–water partition coefficient (Wildman–Crippen LogP) is 1.36. The van der Waals surface area contributed by atoms with Crippen LogP contribution in [0.5, 0.6) is 0 Å². The van der Waals surface area contributed by atoms with Crippen LogP contribution in [0.25, 0.3) is 0 Å². The maximum absolute atomic E-state index is 8.34. The van der Waals surface area contributed by atoms with Gasteiger partial charge >= 0.3 is 27.5 Å². The van der Waals surface area contributed by atoms with Crippen LogP contribution in [0.15, 0.2) is 0 Å². The zero-order valence-corrected chi connectivity index (χ0v) is 6.65. The summed E-state index contributed by atoms with van der Waals surface area (Å²) in [6.07, 6.45) is 0. The van der Waals surface area contributed by atoms with Gasteiger partial charge in [-0.1, -0.05) is 20.8 Å². The molecule has 35 valence electrons. The van der Waals surface area contributed by atoms with Crippen LogP contribution < -0.4 is 0 Å². The van der Waals surface area contributed by atoms with E-state index in [-0.39, 0.29) is 0 Å². The van der Waals surface area contributed by atoms with E-state index in [1.165, 1.54) is 0 Å². The Hall–Kier alpha value is 0.683. The third kappa shape index (κ3) is 136. The summed E-state index contributed by atoms with van der Waals surface area (Å²) in [6.45, 7) is 7.75. The van der Waals surface area contributed by atoms with Crippen molar-refractivity contribution in [3.63, 3.8) is 0 Å². The topological polar surface area (TPSA) is 17.1 Å². The maximum atomic E-state index is 8.34. The van der Waals surface area contributed by atoms with Crippen LogP contribution in [0.2, 0.25) is 0 Å². The molecule has 0 aromatic rings. The van der Waals surface area contributed by atoms with E-state index in [0.717, 1.165) is 0 Å². The van der Waals surface area contributed by atoms with Crippen LogP contribution in [-0.4, -0.2) is 0 Å². The van der Waals surface area contributed by atoms with Gasteiger partial charge in [-0.2, -0.15) is 0 Å². The first-order chi connectivity index (χ1) is 2.73. The molecule has 0 spiro atoms. The standard InChI is InChI=1S/C4H9.O.Zr/c1-4(2)3;;/h4H,1H2,2-3H3;;. The second kappa shape index (κ2) is 9.19. The van der Waals surface area contributed by atoms with Crippen LogP contribution in [-0.2, 0) is 27.5 Å². The normalized spacial score (nSPS) is 6.50. The molecule has 0 aromatic heterocycles. The van der Waals surface area contributed by atoms with Crippen molar-refractivity contribution >= 4 is 0 Å². The Labute approximate surface area is 54.4 Å². The summed E-state index contributed by atoms with van der Waals surface area (Å²) in [6, 6.07) is 0. The van der Waals surface area contributed by atoms with Gasteiger partial charge in [0.05, 0.1) is 0 Å². The van der Waals surface area contributed by atoms with Gasteiger partial charge in [-0.25, -0.2) is 0 Å². The molecule has 0 rings (SSSR count). The van der Waals surface area contributed by atoms with Gasteiger partial charge in [-0.3, -0.25) is 0 Å². The average Bonchev–Trinajstić information content (AvgIpc) is 1.41. The Bertz CT molecular complexity index is 18.8. The van der Waals surface area contributed by atoms with Crippen molar-refractivity contribution in [1.82, 2.24) is 0 Å². The molecule has 0 heterocycles. The first-order valence-corrected chi connectivity index (χ1v) is 2.77. The van der Waals surface area contributed by atoms with E-state index in [4.69, 9.17) is 2.81 Å². The van der Waals surface area contributed by atoms with Crippen molar-refractivity contribution in [3.8, 4) is 0 Å². The van der Waals surface area contributed by atoms with Crippen molar-refractivity contribution in [2.75, 3.05) is 0 Å². The van der Waals surface area contributed by atoms with Crippen molar-refractivity contribution < 1.29 is 27.5 Å². The van der Waals surface area contributed by atoms with E-state index < -0.39 is 0 Å². The summed E-state index contributed by atoms with van der Waals surface area (Å²) in [5, 5.41) is 0. The summed E-state index contributed by atoms with van der Waals surface area (Å²) in [5.41, 5.74) is 0. The number of hydrogen-bond acceptors (Lipinski definition) is 1. The zero-order chi connectivity index (χ0) is 5.58. The van der Waals surface area contributed by atoms with Crippen molar-refractivity contribution in [1.29, 1.82) is 0 Å². The molecule has 0 N–H and O–H groups in total. The molecular weight excluding hydrogens is 155 g/mol. The molecule has 0 fully saturated rings. The fourth-order valence-corrected chi connectivity index (χ4v) is 0. The first-order valence-electron chi connectivity index (χ1n) is 1.77. The van der Waals surface area contributed by atoms with Crippen molar-refractivity contribution in [2.24, 2.45) is 5.92 Å². The molecule has 0 aliphatic carbocycles. The van der Waals surface area contributed by atoms with E-state index in [1.54, 1.807) is 0 Å². The Balaban J connectivity index is 0. The van der Waals surface area contributed by atoms with E-state index in [9.17, 15) is 0 Å². The minimum atomic E-state index is 0.300. The van der Waals surface area contributed by atoms with E-state index in [0.29, 0.717) is 30.6 Å². The van der Waals surface area contributed by atoms with Gasteiger partial charge in [-0.15, -0.1) is 0 Å². The van der Waals surface area contributed by atoms with Crippen molar-refractivity contribution in [3.05, 3.63) is 6.92 Å². The van der Waals surface area contributed by atoms with Crippen molar-refractivity contribution in [2.45, 2.75) is 13.8 Å². The molecule has 0 unspecified atom stereocenters. The van der Waals surface area contributed by atoms with Crippen LogP contribution in [0.1, 0.15) is 13.8 Å². The Morgan fingerprint density at radius 3 is 1.50 bits per heavy atom. The fraction of sp³-hybridized carbons (Fsp3) is 0.750. The summed E-state index contributed by atoms with van der Waals surface area (Å²) in [7, 11) is 0. The molecule has 0 saturated heterocycles. The van der Waals surface area contributed by atoms with Crippen LogP contribution in [0.3, 0.4) is 0 Å². The molecular formula is C4H9OZr. The first kappa shape index (κ1) is 9.84. The molecule has 0 bridgehead atoms. The molecule has 0 amide bonds. The molecule has 0 saturated carbocycles. The average molecular weight is 164 g/mol. The predicted molar refractivity (Wildman–Crippen MR) is 20.9 cm³/mol. The van der Waals surface area contributed by atoms with Crippen LogP contribution in [0, 0.1) is 12.8 Å². The molecule has 1 radical (unpaired) electrons. The number of hydrogen-bond donors (Lipinski definition) is 0. The minimum absolute atomic E-state index is 0.300. The van der Waals surface area contributed by atoms with Gasteiger partial charge in [0.1, 0.15) is 0 Å². The third-order valence-electron chi connectivity index (χ3n) is 0. The van der Waals surface area contributed by atoms with Gasteiger partial charge in [-0.05, 0) is 5.92 Å². The van der Waals surface area contributed by atoms with Crippen LogP contribution >= 0.6 is 0 Å². The third-order valence-corrected chi connectivity index (χ3v) is 0. The molecule has 6 heavy (non-hydrogen) atoms. The SMILES string of the molecule is [CH2]C(C)C.[O]=[Zr]. The zero-order valence-electron chi connectivity index (χ0n) is 4.19. The van der Waals surface area contributed by atoms with Gasteiger partial charge in [0.15, 0.2) is 0 Å². The van der Waals surface area contributed by atoms with Gasteiger partial charge in [0, 0.05) is 0 Å².